The molecule has 9 heteroatoms. The van der Waals surface area contributed by atoms with Gasteiger partial charge in [-0.15, -0.1) is 0 Å². The zero-order valence-corrected chi connectivity index (χ0v) is 54.1. The fraction of sp³-hybridized carbons (Fsp3) is 0.928. The maximum Gasteiger partial charge on any atom is 0.472 e. The van der Waals surface area contributed by atoms with Crippen LogP contribution >= 0.6 is 7.82 Å². The third kappa shape index (κ3) is 62.6. The van der Waals surface area contributed by atoms with Gasteiger partial charge in [0.05, 0.1) is 39.9 Å². The lowest BCUT2D eigenvalue weighted by atomic mass is 10.0. The first-order valence-corrected chi connectivity index (χ1v) is 36.2. The molecule has 0 aromatic heterocycles. The van der Waals surface area contributed by atoms with Crippen LogP contribution in [0.4, 0.5) is 0 Å². The monoisotopic (exact) mass is 1120 g/mol. The SMILES string of the molecule is CCCCCCCCCCCCCCCCCCCCCCC/C=C/CC/C=C/C(O)C(COP(=O)(O)OCC[N+](C)(C)C)NC(=O)CCCCCCCCCCCCCCCCCCCCCCCCCCCCCCC. The van der Waals surface area contributed by atoms with Crippen LogP contribution in [0.1, 0.15) is 361 Å². The summed E-state index contributed by atoms with van der Waals surface area (Å²) in [6.07, 6.45) is 79.1. The summed E-state index contributed by atoms with van der Waals surface area (Å²) in [5.41, 5.74) is 0. The van der Waals surface area contributed by atoms with E-state index in [-0.39, 0.29) is 19.1 Å². The molecule has 0 aliphatic carbocycles. The number of phosphoric acid groups is 1. The Kier molecular flexibility index (Phi) is 59.8. The van der Waals surface area contributed by atoms with Crippen LogP contribution < -0.4 is 5.32 Å². The summed E-state index contributed by atoms with van der Waals surface area (Å²) in [6.45, 7) is 4.86. The summed E-state index contributed by atoms with van der Waals surface area (Å²) in [5.74, 6) is -0.178. The molecule has 0 heterocycles. The highest BCUT2D eigenvalue weighted by atomic mass is 31.2. The summed E-state index contributed by atoms with van der Waals surface area (Å²) < 4.78 is 23.8. The maximum atomic E-state index is 13.0. The number of carbonyl (C=O) groups is 1. The smallest absolute Gasteiger partial charge is 0.387 e. The first kappa shape index (κ1) is 77.0. The first-order chi connectivity index (χ1) is 38.0. The minimum Gasteiger partial charge on any atom is -0.387 e. The average molecular weight is 1120 g/mol. The molecule has 0 aliphatic heterocycles. The van der Waals surface area contributed by atoms with Crippen molar-refractivity contribution in [3.05, 3.63) is 24.3 Å². The van der Waals surface area contributed by atoms with Crippen molar-refractivity contribution in [2.75, 3.05) is 40.9 Å². The highest BCUT2D eigenvalue weighted by molar-refractivity contribution is 7.47. The molecular weight excluding hydrogens is 984 g/mol. The quantitative estimate of drug-likeness (QED) is 0.0243. The Labute approximate surface area is 487 Å². The van der Waals surface area contributed by atoms with Gasteiger partial charge in [0, 0.05) is 6.42 Å². The molecule has 0 saturated heterocycles. The van der Waals surface area contributed by atoms with E-state index in [2.05, 4.69) is 31.3 Å². The second-order valence-corrected chi connectivity index (χ2v) is 26.7. The number of nitrogens with one attached hydrogen (secondary N) is 1. The van der Waals surface area contributed by atoms with Crippen molar-refractivity contribution in [1.82, 2.24) is 5.32 Å². The largest absolute Gasteiger partial charge is 0.472 e. The molecule has 0 aliphatic rings. The van der Waals surface area contributed by atoms with E-state index in [1.807, 2.05) is 27.2 Å². The number of likely N-dealkylation sites (N-methyl/N-ethyl adjacent to an activating group) is 1. The predicted molar refractivity (Wildman–Crippen MR) is 342 cm³/mol. The molecule has 3 unspecified atom stereocenters. The van der Waals surface area contributed by atoms with Crippen LogP contribution in [-0.4, -0.2) is 73.4 Å². The number of allylic oxidation sites excluding steroid dienone is 3. The molecule has 1 amide bonds. The zero-order valence-electron chi connectivity index (χ0n) is 53.2. The summed E-state index contributed by atoms with van der Waals surface area (Å²) in [7, 11) is 1.57. The summed E-state index contributed by atoms with van der Waals surface area (Å²) >= 11 is 0. The van der Waals surface area contributed by atoms with Crippen molar-refractivity contribution in [3.63, 3.8) is 0 Å². The van der Waals surface area contributed by atoms with Crippen LogP contribution in [0, 0.1) is 0 Å². The molecule has 0 bridgehead atoms. The number of amides is 1. The number of carbonyl (C=O) groups excluding carboxylic acids is 1. The number of unbranched alkanes of at least 4 members (excludes halogenated alkanes) is 50. The minimum absolute atomic E-state index is 0.0591. The molecule has 0 spiro atoms. The van der Waals surface area contributed by atoms with E-state index in [4.69, 9.17) is 9.05 Å². The molecular formula is C69H138N2O6P+. The first-order valence-electron chi connectivity index (χ1n) is 34.7. The Bertz CT molecular complexity index is 1320. The van der Waals surface area contributed by atoms with Crippen LogP contribution in [0.2, 0.25) is 0 Å². The van der Waals surface area contributed by atoms with Gasteiger partial charge in [0.25, 0.3) is 0 Å². The second kappa shape index (κ2) is 60.6. The van der Waals surface area contributed by atoms with E-state index in [1.54, 1.807) is 6.08 Å². The summed E-state index contributed by atoms with van der Waals surface area (Å²) in [4.78, 5) is 23.4. The van der Waals surface area contributed by atoms with Gasteiger partial charge in [-0.3, -0.25) is 13.8 Å². The number of rotatable bonds is 65. The Balaban J connectivity index is 4.08. The van der Waals surface area contributed by atoms with Gasteiger partial charge in [-0.2, -0.15) is 0 Å². The molecule has 3 atom stereocenters. The van der Waals surface area contributed by atoms with Crippen molar-refractivity contribution in [3.8, 4) is 0 Å². The van der Waals surface area contributed by atoms with E-state index in [1.165, 1.54) is 302 Å². The molecule has 0 rings (SSSR count). The highest BCUT2D eigenvalue weighted by Gasteiger charge is 2.28. The number of hydrogen-bond donors (Lipinski definition) is 3. The van der Waals surface area contributed by atoms with Gasteiger partial charge < -0.3 is 19.8 Å². The maximum absolute atomic E-state index is 13.0. The van der Waals surface area contributed by atoms with Crippen molar-refractivity contribution in [1.29, 1.82) is 0 Å². The fourth-order valence-electron chi connectivity index (χ4n) is 10.8. The number of aliphatic hydroxyl groups excluding tert-OH is 1. The number of quaternary nitrogens is 1. The lowest BCUT2D eigenvalue weighted by molar-refractivity contribution is -0.870. The Hall–Kier alpha value is -1.02. The van der Waals surface area contributed by atoms with Gasteiger partial charge in [-0.1, -0.05) is 346 Å². The molecule has 8 nitrogen and oxygen atoms in total. The van der Waals surface area contributed by atoms with Crippen LogP contribution in [0.5, 0.6) is 0 Å². The number of aliphatic hydroxyl groups is 1. The third-order valence-electron chi connectivity index (χ3n) is 16.2. The molecule has 464 valence electrons. The van der Waals surface area contributed by atoms with Crippen molar-refractivity contribution in [2.45, 2.75) is 373 Å². The van der Waals surface area contributed by atoms with Gasteiger partial charge in [-0.25, -0.2) is 4.57 Å². The Morgan fingerprint density at radius 3 is 1.03 bits per heavy atom. The topological polar surface area (TPSA) is 105 Å². The van der Waals surface area contributed by atoms with E-state index < -0.39 is 20.0 Å². The second-order valence-electron chi connectivity index (χ2n) is 25.3. The van der Waals surface area contributed by atoms with Crippen molar-refractivity contribution < 1.29 is 32.9 Å². The average Bonchev–Trinajstić information content (AvgIpc) is 3.41. The molecule has 0 radical (unpaired) electrons. The normalized spacial score (nSPS) is 13.8. The van der Waals surface area contributed by atoms with Crippen LogP contribution in [-0.2, 0) is 18.4 Å². The number of nitrogens with zero attached hydrogens (tertiary/aromatic N) is 1. The zero-order chi connectivity index (χ0) is 57.0. The Morgan fingerprint density at radius 1 is 0.423 bits per heavy atom. The lowest BCUT2D eigenvalue weighted by Gasteiger charge is -2.25. The predicted octanol–water partition coefficient (Wildman–Crippen LogP) is 21.9. The van der Waals surface area contributed by atoms with Gasteiger partial charge in [0.2, 0.25) is 5.91 Å². The summed E-state index contributed by atoms with van der Waals surface area (Å²) in [6, 6.07) is -0.862. The minimum atomic E-state index is -4.36. The number of phosphoric ester groups is 1. The highest BCUT2D eigenvalue weighted by Crippen LogP contribution is 2.43. The van der Waals surface area contributed by atoms with Crippen molar-refractivity contribution >= 4 is 13.7 Å². The molecule has 0 aromatic rings. The van der Waals surface area contributed by atoms with E-state index >= 15 is 0 Å². The van der Waals surface area contributed by atoms with Crippen LogP contribution in [0.15, 0.2) is 24.3 Å². The molecule has 0 fully saturated rings. The van der Waals surface area contributed by atoms with E-state index in [0.29, 0.717) is 17.4 Å². The van der Waals surface area contributed by atoms with Gasteiger partial charge in [-0.05, 0) is 32.1 Å². The van der Waals surface area contributed by atoms with Crippen LogP contribution in [0.3, 0.4) is 0 Å². The third-order valence-corrected chi connectivity index (χ3v) is 17.2. The fourth-order valence-corrected chi connectivity index (χ4v) is 11.5. The van der Waals surface area contributed by atoms with Gasteiger partial charge >= 0.3 is 7.82 Å². The summed E-state index contributed by atoms with van der Waals surface area (Å²) in [5, 5.41) is 14.0. The number of hydrogen-bond acceptors (Lipinski definition) is 5. The Morgan fingerprint density at radius 2 is 0.705 bits per heavy atom. The molecule has 3 N–H and O–H groups in total. The molecule has 78 heavy (non-hydrogen) atoms. The molecule has 0 saturated carbocycles. The van der Waals surface area contributed by atoms with Crippen LogP contribution in [0.25, 0.3) is 0 Å². The molecule has 0 aromatic carbocycles. The van der Waals surface area contributed by atoms with E-state index in [0.717, 1.165) is 38.5 Å². The van der Waals surface area contributed by atoms with Crippen molar-refractivity contribution in [2.24, 2.45) is 0 Å². The standard InChI is InChI=1S/C69H137N2O6P/c1-6-8-10-12-14-16-18-20-22-24-26-28-30-32-34-35-37-39-41-43-45-47-49-51-53-55-57-59-61-63-69(73)70-67(66-77-78(74,75)76-65-64-71(3,4)5)68(72)62-60-58-56-54-52-50-48-46-44-42-40-38-36-33-31-29-27-25-23-21-19-17-15-13-11-9-7-2/h52,54,60,62,67-68,72H,6-51,53,55-59,61,63-66H2,1-5H3,(H-,70,73,74,75)/p+1/b54-52+,62-60+. The lowest BCUT2D eigenvalue weighted by Crippen LogP contribution is -2.45. The van der Waals surface area contributed by atoms with Gasteiger partial charge in [0.1, 0.15) is 13.2 Å². The van der Waals surface area contributed by atoms with E-state index in [9.17, 15) is 19.4 Å². The van der Waals surface area contributed by atoms with Gasteiger partial charge in [0.15, 0.2) is 0 Å².